The van der Waals surface area contributed by atoms with Crippen LogP contribution < -0.4 is 0 Å². The molecule has 0 unspecified atom stereocenters. The molecule has 1 aromatic heterocycles. The van der Waals surface area contributed by atoms with E-state index in [1.54, 1.807) is 4.68 Å². The topological polar surface area (TPSA) is 77.2 Å². The SMILES string of the molecule is O=C(O)c1nnn2c1CO[C@H](c1ccccc1)C2. The molecule has 6 heteroatoms. The number of ether oxygens (including phenoxy) is 1. The number of aromatic nitrogens is 3. The molecule has 2 heterocycles. The van der Waals surface area contributed by atoms with E-state index in [1.165, 1.54) is 0 Å². The number of carbonyl (C=O) groups is 1. The Labute approximate surface area is 103 Å². The molecule has 1 atom stereocenters. The summed E-state index contributed by atoms with van der Waals surface area (Å²) in [4.78, 5) is 10.9. The standard InChI is InChI=1S/C12H11N3O3/c16-12(17)11-9-7-18-10(6-15(9)14-13-11)8-4-2-1-3-5-8/h1-5,10H,6-7H2,(H,16,17)/t10-/m0/s1. The van der Waals surface area contributed by atoms with Gasteiger partial charge in [-0.15, -0.1) is 5.10 Å². The summed E-state index contributed by atoms with van der Waals surface area (Å²) in [7, 11) is 0. The summed E-state index contributed by atoms with van der Waals surface area (Å²) in [5.41, 5.74) is 1.55. The van der Waals surface area contributed by atoms with Gasteiger partial charge < -0.3 is 9.84 Å². The average molecular weight is 245 g/mol. The molecule has 0 saturated carbocycles. The Morgan fingerprint density at radius 1 is 1.39 bits per heavy atom. The second-order valence-electron chi connectivity index (χ2n) is 4.08. The quantitative estimate of drug-likeness (QED) is 0.861. The second-order valence-corrected chi connectivity index (χ2v) is 4.08. The van der Waals surface area contributed by atoms with E-state index in [2.05, 4.69) is 10.3 Å². The lowest BCUT2D eigenvalue weighted by Gasteiger charge is -2.24. The number of aromatic carboxylic acids is 1. The molecule has 1 N–H and O–H groups in total. The van der Waals surface area contributed by atoms with Gasteiger partial charge in [-0.2, -0.15) is 0 Å². The van der Waals surface area contributed by atoms with Crippen LogP contribution in [0.15, 0.2) is 30.3 Å². The highest BCUT2D eigenvalue weighted by molar-refractivity contribution is 5.86. The van der Waals surface area contributed by atoms with Crippen LogP contribution in [0.2, 0.25) is 0 Å². The van der Waals surface area contributed by atoms with Crippen molar-refractivity contribution in [1.29, 1.82) is 0 Å². The minimum absolute atomic E-state index is 0.0264. The first-order chi connectivity index (χ1) is 8.75. The molecule has 0 aliphatic carbocycles. The largest absolute Gasteiger partial charge is 0.476 e. The van der Waals surface area contributed by atoms with Gasteiger partial charge in [0.1, 0.15) is 6.10 Å². The molecule has 0 saturated heterocycles. The summed E-state index contributed by atoms with van der Waals surface area (Å²) in [6.07, 6.45) is -0.109. The van der Waals surface area contributed by atoms with E-state index >= 15 is 0 Å². The smallest absolute Gasteiger partial charge is 0.358 e. The number of fused-ring (bicyclic) bond motifs is 1. The minimum atomic E-state index is -1.07. The van der Waals surface area contributed by atoms with Gasteiger partial charge in [-0.25, -0.2) is 9.48 Å². The van der Waals surface area contributed by atoms with Crippen LogP contribution in [-0.4, -0.2) is 26.1 Å². The molecule has 0 spiro atoms. The Morgan fingerprint density at radius 3 is 2.89 bits per heavy atom. The van der Waals surface area contributed by atoms with Crippen molar-refractivity contribution in [2.45, 2.75) is 19.3 Å². The van der Waals surface area contributed by atoms with E-state index < -0.39 is 5.97 Å². The van der Waals surface area contributed by atoms with Crippen molar-refractivity contribution in [3.8, 4) is 0 Å². The van der Waals surface area contributed by atoms with Crippen LogP contribution in [-0.2, 0) is 17.9 Å². The van der Waals surface area contributed by atoms with Crippen molar-refractivity contribution >= 4 is 5.97 Å². The third-order valence-corrected chi connectivity index (χ3v) is 2.97. The third kappa shape index (κ3) is 1.76. The van der Waals surface area contributed by atoms with Crippen LogP contribution in [0, 0.1) is 0 Å². The van der Waals surface area contributed by atoms with Gasteiger partial charge in [-0.1, -0.05) is 35.5 Å². The molecular formula is C12H11N3O3. The Bertz CT molecular complexity index is 580. The van der Waals surface area contributed by atoms with Crippen molar-refractivity contribution < 1.29 is 14.6 Å². The minimum Gasteiger partial charge on any atom is -0.476 e. The van der Waals surface area contributed by atoms with E-state index in [-0.39, 0.29) is 18.4 Å². The molecule has 1 aliphatic heterocycles. The van der Waals surface area contributed by atoms with Crippen molar-refractivity contribution in [3.63, 3.8) is 0 Å². The van der Waals surface area contributed by atoms with Crippen LogP contribution in [0.25, 0.3) is 0 Å². The van der Waals surface area contributed by atoms with Crippen LogP contribution in [0.1, 0.15) is 27.8 Å². The van der Waals surface area contributed by atoms with Crippen LogP contribution in [0.3, 0.4) is 0 Å². The number of carboxylic acids is 1. The molecular weight excluding hydrogens is 234 g/mol. The molecule has 1 aliphatic rings. The number of carboxylic acid groups (broad SMARTS) is 1. The lowest BCUT2D eigenvalue weighted by atomic mass is 10.1. The van der Waals surface area contributed by atoms with Gasteiger partial charge in [0.25, 0.3) is 0 Å². The Hall–Kier alpha value is -2.21. The fourth-order valence-corrected chi connectivity index (χ4v) is 2.05. The first kappa shape index (κ1) is 10.9. The van der Waals surface area contributed by atoms with E-state index in [4.69, 9.17) is 9.84 Å². The number of rotatable bonds is 2. The van der Waals surface area contributed by atoms with Crippen LogP contribution in [0.4, 0.5) is 0 Å². The molecule has 3 rings (SSSR count). The first-order valence-corrected chi connectivity index (χ1v) is 5.58. The first-order valence-electron chi connectivity index (χ1n) is 5.58. The van der Waals surface area contributed by atoms with Gasteiger partial charge in [0.2, 0.25) is 0 Å². The van der Waals surface area contributed by atoms with Crippen LogP contribution >= 0.6 is 0 Å². The molecule has 18 heavy (non-hydrogen) atoms. The number of hydrogen-bond acceptors (Lipinski definition) is 4. The number of hydrogen-bond donors (Lipinski definition) is 1. The maximum absolute atomic E-state index is 10.9. The number of benzene rings is 1. The summed E-state index contributed by atoms with van der Waals surface area (Å²) in [5.74, 6) is -1.07. The lowest BCUT2D eigenvalue weighted by Crippen LogP contribution is -2.22. The molecule has 0 amide bonds. The van der Waals surface area contributed by atoms with Gasteiger partial charge in [-0.3, -0.25) is 0 Å². The van der Waals surface area contributed by atoms with Crippen molar-refractivity contribution in [2.24, 2.45) is 0 Å². The van der Waals surface area contributed by atoms with Gasteiger partial charge >= 0.3 is 5.97 Å². The normalized spacial score (nSPS) is 18.3. The zero-order valence-electron chi connectivity index (χ0n) is 9.48. The monoisotopic (exact) mass is 245 g/mol. The Balaban J connectivity index is 1.89. The van der Waals surface area contributed by atoms with Gasteiger partial charge in [-0.05, 0) is 5.56 Å². The maximum atomic E-state index is 10.9. The van der Waals surface area contributed by atoms with E-state index in [9.17, 15) is 4.79 Å². The maximum Gasteiger partial charge on any atom is 0.358 e. The lowest BCUT2D eigenvalue weighted by molar-refractivity contribution is -0.00206. The zero-order chi connectivity index (χ0) is 12.5. The van der Waals surface area contributed by atoms with E-state index in [1.807, 2.05) is 30.3 Å². The van der Waals surface area contributed by atoms with Crippen LogP contribution in [0.5, 0.6) is 0 Å². The average Bonchev–Trinajstić information content (AvgIpc) is 2.82. The summed E-state index contributed by atoms with van der Waals surface area (Å²) in [6.45, 7) is 0.702. The summed E-state index contributed by atoms with van der Waals surface area (Å²) in [5, 5.41) is 16.5. The predicted octanol–water partition coefficient (Wildman–Crippen LogP) is 1.25. The third-order valence-electron chi connectivity index (χ3n) is 2.97. The highest BCUT2D eigenvalue weighted by Crippen LogP contribution is 2.26. The van der Waals surface area contributed by atoms with Gasteiger partial charge in [0.05, 0.1) is 18.8 Å². The van der Waals surface area contributed by atoms with E-state index in [0.29, 0.717) is 12.2 Å². The van der Waals surface area contributed by atoms with Gasteiger partial charge in [0.15, 0.2) is 5.69 Å². The molecule has 2 aromatic rings. The van der Waals surface area contributed by atoms with Crippen molar-refractivity contribution in [1.82, 2.24) is 15.0 Å². The summed E-state index contributed by atoms with van der Waals surface area (Å²) < 4.78 is 7.28. The second kappa shape index (κ2) is 4.23. The molecule has 92 valence electrons. The van der Waals surface area contributed by atoms with Gasteiger partial charge in [0, 0.05) is 0 Å². The predicted molar refractivity (Wildman–Crippen MR) is 61.0 cm³/mol. The highest BCUT2D eigenvalue weighted by atomic mass is 16.5. The van der Waals surface area contributed by atoms with Crippen molar-refractivity contribution in [3.05, 3.63) is 47.3 Å². The zero-order valence-corrected chi connectivity index (χ0v) is 9.48. The molecule has 0 fully saturated rings. The fourth-order valence-electron chi connectivity index (χ4n) is 2.05. The molecule has 0 radical (unpaired) electrons. The Kier molecular flexibility index (Phi) is 2.56. The Morgan fingerprint density at radius 2 is 2.17 bits per heavy atom. The summed E-state index contributed by atoms with van der Waals surface area (Å²) in [6, 6.07) is 9.78. The fraction of sp³-hybridized carbons (Fsp3) is 0.250. The highest BCUT2D eigenvalue weighted by Gasteiger charge is 2.27. The van der Waals surface area contributed by atoms with Crippen molar-refractivity contribution in [2.75, 3.05) is 0 Å². The molecule has 0 bridgehead atoms. The molecule has 6 nitrogen and oxygen atoms in total. The summed E-state index contributed by atoms with van der Waals surface area (Å²) >= 11 is 0. The molecule has 1 aromatic carbocycles. The number of nitrogens with zero attached hydrogens (tertiary/aromatic N) is 3. The van der Waals surface area contributed by atoms with E-state index in [0.717, 1.165) is 5.56 Å².